The number of para-hydroxylation sites is 2. The molecule has 0 saturated carbocycles. The van der Waals surface area contributed by atoms with Crippen molar-refractivity contribution >= 4 is 32.8 Å². The van der Waals surface area contributed by atoms with Gasteiger partial charge in [0.2, 0.25) is 0 Å². The van der Waals surface area contributed by atoms with Gasteiger partial charge in [0.05, 0.1) is 22.0 Å². The van der Waals surface area contributed by atoms with Crippen molar-refractivity contribution in [1.29, 1.82) is 0 Å². The van der Waals surface area contributed by atoms with Gasteiger partial charge in [0.1, 0.15) is 28.7 Å². The van der Waals surface area contributed by atoms with Gasteiger partial charge in [0.25, 0.3) is 6.33 Å². The molecule has 1 aliphatic heterocycles. The molecule has 0 spiro atoms. The third kappa shape index (κ3) is 6.75. The number of hydrogen-bond acceptors (Lipinski definition) is 2. The number of imidazole rings is 1. The van der Waals surface area contributed by atoms with Crippen molar-refractivity contribution in [3.8, 4) is 62.1 Å². The average molecular weight is 865 g/mol. The van der Waals surface area contributed by atoms with Crippen molar-refractivity contribution < 1.29 is 32.6 Å². The van der Waals surface area contributed by atoms with E-state index in [1.807, 2.05) is 42.5 Å². The largest absolute Gasteiger partial charge is 0.457 e. The van der Waals surface area contributed by atoms with Crippen LogP contribution in [0.1, 0.15) is 102 Å². The van der Waals surface area contributed by atoms with Crippen molar-refractivity contribution in [2.75, 3.05) is 0 Å². The van der Waals surface area contributed by atoms with Crippen molar-refractivity contribution in [2.45, 2.75) is 78.3 Å². The summed E-state index contributed by atoms with van der Waals surface area (Å²) in [7, 11) is 0. The summed E-state index contributed by atoms with van der Waals surface area (Å²) in [6, 6.07) is 26.8. The third-order valence-corrected chi connectivity index (χ3v) is 12.3. The topological polar surface area (TPSA) is 35.9 Å². The van der Waals surface area contributed by atoms with Crippen molar-refractivity contribution in [1.82, 2.24) is 14.1 Å². The Morgan fingerprint density at radius 1 is 0.554 bits per heavy atom. The predicted octanol–water partition coefficient (Wildman–Crippen LogP) is 15.4. The van der Waals surface area contributed by atoms with Gasteiger partial charge in [-0.1, -0.05) is 147 Å². The summed E-state index contributed by atoms with van der Waals surface area (Å²) in [6.45, 7) is 0.105. The monoisotopic (exact) mass is 865 g/mol. The maximum absolute atomic E-state index is 9.74. The fourth-order valence-corrected chi connectivity index (χ4v) is 9.10. The van der Waals surface area contributed by atoms with Crippen molar-refractivity contribution in [3.05, 3.63) is 187 Å². The van der Waals surface area contributed by atoms with E-state index in [1.165, 1.54) is 29.1 Å². The van der Waals surface area contributed by atoms with E-state index < -0.39 is 90.9 Å². The van der Waals surface area contributed by atoms with E-state index in [0.717, 1.165) is 33.2 Å². The van der Waals surface area contributed by atoms with E-state index in [2.05, 4.69) is 37.5 Å². The number of fused-ring (bicyclic) bond motifs is 10. The normalized spacial score (nSPS) is 17.0. The van der Waals surface area contributed by atoms with Crippen LogP contribution in [0.5, 0.6) is 11.5 Å². The van der Waals surface area contributed by atoms with Crippen LogP contribution < -0.4 is 9.30 Å². The second-order valence-corrected chi connectivity index (χ2v) is 18.7. The lowest BCUT2D eigenvalue weighted by Gasteiger charge is -2.28. The molecule has 0 saturated heterocycles. The highest BCUT2D eigenvalue weighted by Crippen LogP contribution is 2.47. The molecule has 0 radical (unpaired) electrons. The molecule has 4 heterocycles. The zero-order valence-electron chi connectivity index (χ0n) is 53.7. The Balaban J connectivity index is 1.25. The van der Waals surface area contributed by atoms with E-state index in [9.17, 15) is 5.48 Å². The number of aromatic nitrogens is 4. The molecule has 10 aromatic rings. The predicted molar refractivity (Wildman–Crippen MR) is 269 cm³/mol. The number of ether oxygens (including phenoxy) is 1. The second-order valence-electron chi connectivity index (χ2n) is 18.7. The van der Waals surface area contributed by atoms with Crippen LogP contribution in [-0.2, 0) is 16.2 Å². The van der Waals surface area contributed by atoms with Gasteiger partial charge in [0.15, 0.2) is 11.0 Å². The Labute approximate surface area is 406 Å². The molecule has 5 heteroatoms. The van der Waals surface area contributed by atoms with Crippen LogP contribution >= 0.6 is 0 Å². The Morgan fingerprint density at radius 2 is 1.20 bits per heavy atom. The number of hydrogen-bond donors (Lipinski definition) is 0. The quantitative estimate of drug-likeness (QED) is 0.165. The molecule has 0 N–H and O–H groups in total. The van der Waals surface area contributed by atoms with Crippen LogP contribution in [0.2, 0.25) is 0 Å². The van der Waals surface area contributed by atoms with Gasteiger partial charge in [-0.25, -0.2) is 4.98 Å². The molecule has 65 heavy (non-hydrogen) atoms. The Morgan fingerprint density at radius 3 is 1.92 bits per heavy atom. The smallest absolute Gasteiger partial charge is 0.255 e. The summed E-state index contributed by atoms with van der Waals surface area (Å²) in [6.07, 6.45) is 3.29. The van der Waals surface area contributed by atoms with Gasteiger partial charge < -0.3 is 4.74 Å². The Hall–Kier alpha value is -7.24. The minimum atomic E-state index is -3.84. The standard InChI is InChI=1S/C60H55N4O/c1-58(2,3)38-30-31-61-55(34-38)64-52-26-15-14-24-47(52)48-29-28-42(36-54(48)64)65-41-19-16-18-40(35-41)62-37-63-56-50(32-39(59(4,5)6)33-51(56)60(7,8)9)46-23-13-11-21-44(46)43-20-10-12-22-45(43)49-25-17-27-53(62)57(49)63/h10-37H,1-9H3/q+1/i7D3,8D3,9D3,10D,11D,12D,13D,20D,21D,22D,23D. The lowest BCUT2D eigenvalue weighted by molar-refractivity contribution is -0.567. The van der Waals surface area contributed by atoms with E-state index in [0.29, 0.717) is 17.2 Å². The van der Waals surface area contributed by atoms with Crippen molar-refractivity contribution in [2.24, 2.45) is 0 Å². The average Bonchev–Trinajstić information content (AvgIpc) is 1.44. The molecular formula is C60H55N4O+. The summed E-state index contributed by atoms with van der Waals surface area (Å²) < 4.78 is 169. The van der Waals surface area contributed by atoms with Crippen LogP contribution in [-0.4, -0.2) is 14.1 Å². The Bertz CT molecular complexity index is 4310. The molecule has 0 atom stereocenters. The van der Waals surface area contributed by atoms with E-state index in [-0.39, 0.29) is 55.5 Å². The molecule has 320 valence electrons. The van der Waals surface area contributed by atoms with Crippen LogP contribution in [0.4, 0.5) is 0 Å². The number of benzene rings is 7. The van der Waals surface area contributed by atoms with E-state index in [1.54, 1.807) is 67.9 Å². The number of rotatable bonds is 4. The van der Waals surface area contributed by atoms with Crippen LogP contribution in [0.3, 0.4) is 0 Å². The second kappa shape index (κ2) is 14.6. The first-order chi connectivity index (χ1) is 38.2. The zero-order valence-corrected chi connectivity index (χ0v) is 36.7. The molecule has 5 nitrogen and oxygen atoms in total. The van der Waals surface area contributed by atoms with E-state index >= 15 is 0 Å². The van der Waals surface area contributed by atoms with Gasteiger partial charge in [-0.2, -0.15) is 9.13 Å². The zero-order chi connectivity index (χ0) is 59.5. The van der Waals surface area contributed by atoms with Gasteiger partial charge in [-0.05, 0) is 110 Å². The molecule has 1 aliphatic rings. The molecule has 7 aromatic carbocycles. The molecule has 3 aromatic heterocycles. The first-order valence-corrected chi connectivity index (χ1v) is 21.5. The van der Waals surface area contributed by atoms with Gasteiger partial charge in [-0.3, -0.25) is 4.57 Å². The summed E-state index contributed by atoms with van der Waals surface area (Å²) in [5.74, 6) is 1.54. The van der Waals surface area contributed by atoms with Crippen LogP contribution in [0, 0.1) is 0 Å². The molecular weight excluding hydrogens is 793 g/mol. The van der Waals surface area contributed by atoms with Gasteiger partial charge >= 0.3 is 0 Å². The summed E-state index contributed by atoms with van der Waals surface area (Å²) in [4.78, 5) is 4.82. The van der Waals surface area contributed by atoms with Crippen LogP contribution in [0.25, 0.3) is 83.4 Å². The molecule has 0 unspecified atom stereocenters. The maximum atomic E-state index is 9.74. The number of pyridine rings is 1. The van der Waals surface area contributed by atoms with Crippen molar-refractivity contribution in [3.63, 3.8) is 0 Å². The van der Waals surface area contributed by atoms with Gasteiger partial charge in [0, 0.05) is 58.1 Å². The third-order valence-electron chi connectivity index (χ3n) is 12.3. The highest BCUT2D eigenvalue weighted by molar-refractivity contribution is 6.09. The highest BCUT2D eigenvalue weighted by atomic mass is 16.5. The Kier molecular flexibility index (Phi) is 5.84. The summed E-state index contributed by atoms with van der Waals surface area (Å²) in [5.41, 5.74) is -3.65. The van der Waals surface area contributed by atoms with Gasteiger partial charge in [-0.15, -0.1) is 0 Å². The molecule has 0 bridgehead atoms. The SMILES string of the molecule is [2H]c1c([2H])c([2H])c2c(c1[2H])-c1cc(C(C)(C)C)cc(C(C([2H])([2H])[2H])(C([2H])([2H])[2H])C([2H])([2H])[2H])c1-[n+]1cn(-c3cccc(Oc4ccc5c6ccccc6n(-c6cc(C(C)(C)C)ccn6)c5c4)c3)c3cccc(c31)-c1c([2H])c([2H])c([2H])c([2H])c1-2. The number of nitrogens with zero attached hydrogens (tertiary/aromatic N) is 4. The minimum Gasteiger partial charge on any atom is -0.457 e. The fraction of sp³-hybridized carbons (Fsp3) is 0.200. The van der Waals surface area contributed by atoms with Crippen LogP contribution in [0.15, 0.2) is 170 Å². The van der Waals surface area contributed by atoms with E-state index in [4.69, 9.17) is 27.5 Å². The molecule has 11 rings (SSSR count). The summed E-state index contributed by atoms with van der Waals surface area (Å²) in [5, 5.41) is 1.97. The minimum absolute atomic E-state index is 0.0520. The fourth-order valence-electron chi connectivity index (χ4n) is 9.10. The first kappa shape index (κ1) is 25.9. The lowest BCUT2D eigenvalue weighted by atomic mass is 9.77. The first-order valence-electron chi connectivity index (χ1n) is 30.0. The molecule has 0 amide bonds. The molecule has 0 fully saturated rings. The summed E-state index contributed by atoms with van der Waals surface area (Å²) >= 11 is 0. The highest BCUT2D eigenvalue weighted by Gasteiger charge is 2.34. The molecule has 0 aliphatic carbocycles. The maximum Gasteiger partial charge on any atom is 0.255 e. The lowest BCUT2D eigenvalue weighted by Crippen LogP contribution is -2.35.